The van der Waals surface area contributed by atoms with Crippen molar-refractivity contribution in [2.75, 3.05) is 5.75 Å². The van der Waals surface area contributed by atoms with Gasteiger partial charge in [-0.25, -0.2) is 0 Å². The average molecular weight is 246 g/mol. The number of hydrogen-bond acceptors (Lipinski definition) is 2. The molecule has 0 bridgehead atoms. The van der Waals surface area contributed by atoms with Gasteiger partial charge in [-0.2, -0.15) is 0 Å². The van der Waals surface area contributed by atoms with Crippen LogP contribution in [0.1, 0.15) is 36.2 Å². The van der Waals surface area contributed by atoms with Crippen molar-refractivity contribution in [1.82, 2.24) is 0 Å². The number of Topliss-reactive ketones (excluding diaryl/α,β-unsaturated/α-hetero) is 1. The molecule has 1 nitrogen and oxygen atoms in total. The fraction of sp³-hybridized carbons (Fsp3) is 0.400. The van der Waals surface area contributed by atoms with Crippen LogP contribution in [0, 0.1) is 6.92 Å². The van der Waals surface area contributed by atoms with Crippen LogP contribution in [0.4, 0.5) is 0 Å². The molecular weight excluding hydrogens is 228 g/mol. The van der Waals surface area contributed by atoms with Crippen LogP contribution in [0.3, 0.4) is 0 Å². The number of allylic oxidation sites excluding steroid dienone is 1. The molecule has 0 saturated carbocycles. The number of hydrogen-bond donors (Lipinski definition) is 0. The molecule has 1 unspecified atom stereocenters. The first-order valence-electron chi connectivity index (χ1n) is 5.95. The Hall–Kier alpha value is -1.02. The molecule has 0 amide bonds. The molecule has 1 aromatic carbocycles. The normalized spacial score (nSPS) is 20.5. The second kappa shape index (κ2) is 5.09. The lowest BCUT2D eigenvalue weighted by Gasteiger charge is -2.22. The lowest BCUT2D eigenvalue weighted by molar-refractivity contribution is 0.0988. The van der Waals surface area contributed by atoms with Crippen LogP contribution < -0.4 is 0 Å². The summed E-state index contributed by atoms with van der Waals surface area (Å²) in [6, 6.07) is 7.90. The molecule has 0 spiro atoms. The van der Waals surface area contributed by atoms with Gasteiger partial charge in [-0.3, -0.25) is 4.79 Å². The number of carbonyl (C=O) groups excluding carboxylic acids is 1. The highest BCUT2D eigenvalue weighted by atomic mass is 32.2. The Labute approximate surface area is 107 Å². The molecule has 0 aromatic heterocycles. The second-order valence-corrected chi connectivity index (χ2v) is 5.99. The van der Waals surface area contributed by atoms with Crippen molar-refractivity contribution in [2.45, 2.75) is 32.4 Å². The maximum absolute atomic E-state index is 12.3. The molecule has 1 atom stereocenters. The van der Waals surface area contributed by atoms with E-state index in [1.165, 1.54) is 16.7 Å². The zero-order chi connectivity index (χ0) is 12.4. The van der Waals surface area contributed by atoms with Gasteiger partial charge in [-0.1, -0.05) is 41.0 Å². The quantitative estimate of drug-likeness (QED) is 0.579. The minimum atomic E-state index is 0.112. The van der Waals surface area contributed by atoms with Gasteiger partial charge in [0, 0.05) is 11.3 Å². The van der Waals surface area contributed by atoms with Gasteiger partial charge in [0.1, 0.15) is 0 Å². The lowest BCUT2D eigenvalue weighted by Crippen LogP contribution is -2.22. The van der Waals surface area contributed by atoms with Crippen LogP contribution in [0.25, 0.3) is 0 Å². The number of thioether (sulfide) groups is 1. The highest BCUT2D eigenvalue weighted by molar-refractivity contribution is 8.00. The van der Waals surface area contributed by atoms with E-state index in [1.807, 2.05) is 31.2 Å². The van der Waals surface area contributed by atoms with Gasteiger partial charge in [-0.15, -0.1) is 11.8 Å². The number of aryl methyl sites for hydroxylation is 1. The number of carbonyl (C=O) groups is 1. The SMILES string of the molecule is CC1=C(C)CC(C(=O)c2ccc(C)cc2)SC1. The van der Waals surface area contributed by atoms with Crippen LogP contribution >= 0.6 is 11.8 Å². The van der Waals surface area contributed by atoms with Gasteiger partial charge in [0.15, 0.2) is 5.78 Å². The molecule has 1 aromatic rings. The lowest BCUT2D eigenvalue weighted by atomic mass is 9.99. The van der Waals surface area contributed by atoms with Crippen LogP contribution in [-0.4, -0.2) is 16.8 Å². The van der Waals surface area contributed by atoms with Crippen molar-refractivity contribution in [3.8, 4) is 0 Å². The standard InChI is InChI=1S/C15H18OS/c1-10-4-6-13(7-5-10)15(16)14-8-11(2)12(3)9-17-14/h4-7,14H,8-9H2,1-3H3. The summed E-state index contributed by atoms with van der Waals surface area (Å²) in [4.78, 5) is 12.3. The van der Waals surface area contributed by atoms with E-state index in [9.17, 15) is 4.79 Å². The van der Waals surface area contributed by atoms with E-state index >= 15 is 0 Å². The zero-order valence-corrected chi connectivity index (χ0v) is 11.4. The summed E-state index contributed by atoms with van der Waals surface area (Å²) in [5.74, 6) is 1.27. The van der Waals surface area contributed by atoms with Crippen molar-refractivity contribution in [3.63, 3.8) is 0 Å². The summed E-state index contributed by atoms with van der Waals surface area (Å²) >= 11 is 1.77. The summed E-state index contributed by atoms with van der Waals surface area (Å²) in [5, 5.41) is 0.112. The third kappa shape index (κ3) is 2.81. The molecule has 17 heavy (non-hydrogen) atoms. The smallest absolute Gasteiger partial charge is 0.176 e. The van der Waals surface area contributed by atoms with Gasteiger partial charge in [-0.05, 0) is 27.2 Å². The maximum atomic E-state index is 12.3. The van der Waals surface area contributed by atoms with E-state index < -0.39 is 0 Å². The molecule has 0 N–H and O–H groups in total. The molecule has 1 aliphatic heterocycles. The Morgan fingerprint density at radius 1 is 1.12 bits per heavy atom. The van der Waals surface area contributed by atoms with E-state index in [-0.39, 0.29) is 11.0 Å². The summed E-state index contributed by atoms with van der Waals surface area (Å²) < 4.78 is 0. The van der Waals surface area contributed by atoms with Crippen molar-refractivity contribution < 1.29 is 4.79 Å². The minimum absolute atomic E-state index is 0.112. The van der Waals surface area contributed by atoms with Gasteiger partial charge in [0.05, 0.1) is 5.25 Å². The van der Waals surface area contributed by atoms with E-state index in [1.54, 1.807) is 11.8 Å². The van der Waals surface area contributed by atoms with E-state index in [2.05, 4.69) is 13.8 Å². The predicted octanol–water partition coefficient (Wildman–Crippen LogP) is 4.02. The van der Waals surface area contributed by atoms with E-state index in [0.717, 1.165) is 17.7 Å². The third-order valence-electron chi connectivity index (χ3n) is 3.35. The van der Waals surface area contributed by atoms with Crippen LogP contribution in [0.15, 0.2) is 35.4 Å². The van der Waals surface area contributed by atoms with Gasteiger partial charge >= 0.3 is 0 Å². The maximum Gasteiger partial charge on any atom is 0.176 e. The second-order valence-electron chi connectivity index (χ2n) is 4.79. The average Bonchev–Trinajstić information content (AvgIpc) is 2.33. The highest BCUT2D eigenvalue weighted by Gasteiger charge is 2.24. The summed E-state index contributed by atoms with van der Waals surface area (Å²) in [6.07, 6.45) is 0.906. The summed E-state index contributed by atoms with van der Waals surface area (Å²) in [7, 11) is 0. The molecule has 90 valence electrons. The van der Waals surface area contributed by atoms with Crippen molar-refractivity contribution in [1.29, 1.82) is 0 Å². The number of ketones is 1. The van der Waals surface area contributed by atoms with Crippen molar-refractivity contribution in [3.05, 3.63) is 46.5 Å². The summed E-state index contributed by atoms with van der Waals surface area (Å²) in [5.41, 5.74) is 4.86. The molecule has 2 heteroatoms. The van der Waals surface area contributed by atoms with Crippen molar-refractivity contribution >= 4 is 17.5 Å². The predicted molar refractivity (Wildman–Crippen MR) is 74.7 cm³/mol. The Kier molecular flexibility index (Phi) is 3.72. The molecule has 1 aliphatic rings. The van der Waals surface area contributed by atoms with Gasteiger partial charge in [0.25, 0.3) is 0 Å². The van der Waals surface area contributed by atoms with Gasteiger partial charge in [0.2, 0.25) is 0 Å². The molecular formula is C15H18OS. The Bertz CT molecular complexity index is 456. The number of rotatable bonds is 2. The fourth-order valence-corrected chi connectivity index (χ4v) is 3.29. The Morgan fingerprint density at radius 3 is 2.35 bits per heavy atom. The minimum Gasteiger partial charge on any atom is -0.293 e. The topological polar surface area (TPSA) is 17.1 Å². The van der Waals surface area contributed by atoms with Crippen LogP contribution in [0.2, 0.25) is 0 Å². The monoisotopic (exact) mass is 246 g/mol. The fourth-order valence-electron chi connectivity index (χ4n) is 1.93. The first-order chi connectivity index (χ1) is 8.08. The molecule has 0 aliphatic carbocycles. The van der Waals surface area contributed by atoms with Gasteiger partial charge < -0.3 is 0 Å². The Morgan fingerprint density at radius 2 is 1.76 bits per heavy atom. The molecule has 0 fully saturated rings. The van der Waals surface area contributed by atoms with E-state index in [4.69, 9.17) is 0 Å². The molecule has 0 radical (unpaired) electrons. The molecule has 1 heterocycles. The van der Waals surface area contributed by atoms with Crippen molar-refractivity contribution in [2.24, 2.45) is 0 Å². The summed E-state index contributed by atoms with van der Waals surface area (Å²) in [6.45, 7) is 6.35. The molecule has 2 rings (SSSR count). The zero-order valence-electron chi connectivity index (χ0n) is 10.6. The number of benzene rings is 1. The highest BCUT2D eigenvalue weighted by Crippen LogP contribution is 2.31. The molecule has 0 saturated heterocycles. The Balaban J connectivity index is 2.14. The third-order valence-corrected chi connectivity index (χ3v) is 4.73. The largest absolute Gasteiger partial charge is 0.293 e. The first-order valence-corrected chi connectivity index (χ1v) is 7.00. The van der Waals surface area contributed by atoms with Crippen LogP contribution in [0.5, 0.6) is 0 Å². The first kappa shape index (κ1) is 12.4. The van der Waals surface area contributed by atoms with Crippen LogP contribution in [-0.2, 0) is 0 Å². The van der Waals surface area contributed by atoms with E-state index in [0.29, 0.717) is 0 Å².